The average Bonchev–Trinajstić information content (AvgIpc) is 2.65. The van der Waals surface area contributed by atoms with E-state index in [2.05, 4.69) is 15.9 Å². The lowest BCUT2D eigenvalue weighted by Crippen LogP contribution is -2.07. The first kappa shape index (κ1) is 17.5. The number of methoxy groups -OCH3 is 1. The lowest BCUT2D eigenvalue weighted by atomic mass is 10.1. The predicted octanol–water partition coefficient (Wildman–Crippen LogP) is 4.94. The molecule has 1 aromatic heterocycles. The molecule has 1 heterocycles. The van der Waals surface area contributed by atoms with Crippen molar-refractivity contribution in [2.75, 3.05) is 19.0 Å². The van der Waals surface area contributed by atoms with Crippen LogP contribution < -0.4 is 14.9 Å². The van der Waals surface area contributed by atoms with Crippen LogP contribution in [0.4, 0.5) is 0 Å². The SMILES string of the molecule is COc1ccc2oc(-c3ccc(OCCCBr)cc3)c(C)c(=O)c2c1. The summed E-state index contributed by atoms with van der Waals surface area (Å²) >= 11 is 3.38. The maximum atomic E-state index is 12.7. The Labute approximate surface area is 154 Å². The second kappa shape index (κ2) is 7.74. The Balaban J connectivity index is 1.98. The van der Waals surface area contributed by atoms with E-state index in [9.17, 15) is 4.79 Å². The van der Waals surface area contributed by atoms with Gasteiger partial charge in [-0.2, -0.15) is 0 Å². The third kappa shape index (κ3) is 3.71. The quantitative estimate of drug-likeness (QED) is 0.432. The minimum atomic E-state index is -0.0483. The van der Waals surface area contributed by atoms with Crippen LogP contribution in [0, 0.1) is 6.92 Å². The number of halogens is 1. The van der Waals surface area contributed by atoms with Crippen LogP contribution in [0.1, 0.15) is 12.0 Å². The Kier molecular flexibility index (Phi) is 5.43. The lowest BCUT2D eigenvalue weighted by molar-refractivity contribution is 0.319. The Bertz CT molecular complexity index is 929. The van der Waals surface area contributed by atoms with Crippen LogP contribution in [-0.4, -0.2) is 19.0 Å². The summed E-state index contributed by atoms with van der Waals surface area (Å²) in [6, 6.07) is 12.8. The zero-order valence-electron chi connectivity index (χ0n) is 14.2. The molecular weight excluding hydrogens is 384 g/mol. The Hall–Kier alpha value is -2.27. The van der Waals surface area contributed by atoms with Crippen molar-refractivity contribution in [2.24, 2.45) is 0 Å². The second-order valence-corrected chi connectivity index (χ2v) is 6.46. The summed E-state index contributed by atoms with van der Waals surface area (Å²) in [6.45, 7) is 2.44. The molecule has 0 amide bonds. The Morgan fingerprint density at radius 1 is 1.08 bits per heavy atom. The van der Waals surface area contributed by atoms with Gasteiger partial charge >= 0.3 is 0 Å². The summed E-state index contributed by atoms with van der Waals surface area (Å²) in [5, 5.41) is 1.44. The number of hydrogen-bond acceptors (Lipinski definition) is 4. The summed E-state index contributed by atoms with van der Waals surface area (Å²) < 4.78 is 16.8. The van der Waals surface area contributed by atoms with Crippen molar-refractivity contribution in [3.05, 3.63) is 58.3 Å². The van der Waals surface area contributed by atoms with Gasteiger partial charge in [0.15, 0.2) is 5.43 Å². The van der Waals surface area contributed by atoms with E-state index in [-0.39, 0.29) is 5.43 Å². The van der Waals surface area contributed by atoms with Crippen molar-refractivity contribution in [1.29, 1.82) is 0 Å². The van der Waals surface area contributed by atoms with Gasteiger partial charge in [-0.15, -0.1) is 0 Å². The lowest BCUT2D eigenvalue weighted by Gasteiger charge is -2.09. The second-order valence-electron chi connectivity index (χ2n) is 5.66. The largest absolute Gasteiger partial charge is 0.497 e. The van der Waals surface area contributed by atoms with Crippen LogP contribution in [0.15, 0.2) is 51.7 Å². The number of ether oxygens (including phenoxy) is 2. The predicted molar refractivity (Wildman–Crippen MR) is 103 cm³/mol. The first-order chi connectivity index (χ1) is 12.1. The number of hydrogen-bond donors (Lipinski definition) is 0. The van der Waals surface area contributed by atoms with E-state index in [0.717, 1.165) is 23.1 Å². The number of fused-ring (bicyclic) bond motifs is 1. The molecule has 0 unspecified atom stereocenters. The van der Waals surface area contributed by atoms with Gasteiger partial charge in [-0.25, -0.2) is 0 Å². The van der Waals surface area contributed by atoms with Crippen LogP contribution in [0.2, 0.25) is 0 Å². The van der Waals surface area contributed by atoms with Crippen molar-refractivity contribution in [1.82, 2.24) is 0 Å². The summed E-state index contributed by atoms with van der Waals surface area (Å²) in [6.07, 6.45) is 0.948. The highest BCUT2D eigenvalue weighted by atomic mass is 79.9. The van der Waals surface area contributed by atoms with Crippen molar-refractivity contribution < 1.29 is 13.9 Å². The number of alkyl halides is 1. The zero-order chi connectivity index (χ0) is 17.8. The van der Waals surface area contributed by atoms with Gasteiger partial charge in [0.1, 0.15) is 22.8 Å². The highest BCUT2D eigenvalue weighted by Gasteiger charge is 2.13. The molecule has 0 aliphatic heterocycles. The molecule has 130 valence electrons. The summed E-state index contributed by atoms with van der Waals surface area (Å²) in [5.74, 6) is 2.02. The van der Waals surface area contributed by atoms with E-state index in [1.54, 1.807) is 32.2 Å². The third-order valence-electron chi connectivity index (χ3n) is 3.99. The molecule has 0 N–H and O–H groups in total. The minimum Gasteiger partial charge on any atom is -0.497 e. The van der Waals surface area contributed by atoms with Gasteiger partial charge in [-0.3, -0.25) is 4.79 Å². The molecule has 0 aliphatic rings. The van der Waals surface area contributed by atoms with Gasteiger partial charge < -0.3 is 13.9 Å². The van der Waals surface area contributed by atoms with E-state index < -0.39 is 0 Å². The van der Waals surface area contributed by atoms with E-state index >= 15 is 0 Å². The average molecular weight is 403 g/mol. The van der Waals surface area contributed by atoms with Crippen molar-refractivity contribution in [3.8, 4) is 22.8 Å². The molecule has 3 rings (SSSR count). The van der Waals surface area contributed by atoms with E-state index in [4.69, 9.17) is 13.9 Å². The maximum Gasteiger partial charge on any atom is 0.196 e. The molecule has 0 bridgehead atoms. The Morgan fingerprint density at radius 3 is 2.48 bits per heavy atom. The first-order valence-electron chi connectivity index (χ1n) is 8.04. The van der Waals surface area contributed by atoms with E-state index in [0.29, 0.717) is 34.6 Å². The van der Waals surface area contributed by atoms with E-state index in [1.165, 1.54) is 0 Å². The molecule has 5 heteroatoms. The van der Waals surface area contributed by atoms with Gasteiger partial charge in [0.2, 0.25) is 0 Å². The van der Waals surface area contributed by atoms with Crippen LogP contribution in [0.3, 0.4) is 0 Å². The van der Waals surface area contributed by atoms with Crippen LogP contribution >= 0.6 is 15.9 Å². The first-order valence-corrected chi connectivity index (χ1v) is 9.17. The molecule has 0 fully saturated rings. The number of benzene rings is 2. The molecule has 3 aromatic rings. The molecule has 0 saturated heterocycles. The Morgan fingerprint density at radius 2 is 1.80 bits per heavy atom. The van der Waals surface area contributed by atoms with Gasteiger partial charge in [0.05, 0.1) is 19.1 Å². The molecule has 0 saturated carbocycles. The highest BCUT2D eigenvalue weighted by Crippen LogP contribution is 2.28. The van der Waals surface area contributed by atoms with Crippen molar-refractivity contribution in [2.45, 2.75) is 13.3 Å². The number of rotatable bonds is 6. The molecule has 0 radical (unpaired) electrons. The third-order valence-corrected chi connectivity index (χ3v) is 4.55. The van der Waals surface area contributed by atoms with E-state index in [1.807, 2.05) is 24.3 Å². The summed E-state index contributed by atoms with van der Waals surface area (Å²) in [5.41, 5.74) is 1.92. The molecule has 2 aromatic carbocycles. The van der Waals surface area contributed by atoms with Gasteiger partial charge in [0, 0.05) is 16.5 Å². The van der Waals surface area contributed by atoms with Crippen molar-refractivity contribution >= 4 is 26.9 Å². The zero-order valence-corrected chi connectivity index (χ0v) is 15.8. The molecule has 0 atom stereocenters. The van der Waals surface area contributed by atoms with Gasteiger partial charge in [0.25, 0.3) is 0 Å². The fraction of sp³-hybridized carbons (Fsp3) is 0.250. The van der Waals surface area contributed by atoms with Gasteiger partial charge in [-0.05, 0) is 55.8 Å². The van der Waals surface area contributed by atoms with Gasteiger partial charge in [-0.1, -0.05) is 15.9 Å². The normalized spacial score (nSPS) is 10.8. The fourth-order valence-electron chi connectivity index (χ4n) is 2.62. The molecule has 25 heavy (non-hydrogen) atoms. The summed E-state index contributed by atoms with van der Waals surface area (Å²) in [7, 11) is 1.57. The standard InChI is InChI=1S/C20H19BrO4/c1-13-19(22)17-12-16(23-2)8-9-18(17)25-20(13)14-4-6-15(7-5-14)24-11-3-10-21/h4-9,12H,3,10-11H2,1-2H3. The maximum absolute atomic E-state index is 12.7. The molecular formula is C20H19BrO4. The topological polar surface area (TPSA) is 48.7 Å². The molecule has 4 nitrogen and oxygen atoms in total. The van der Waals surface area contributed by atoms with Crippen LogP contribution in [-0.2, 0) is 0 Å². The highest BCUT2D eigenvalue weighted by molar-refractivity contribution is 9.09. The smallest absolute Gasteiger partial charge is 0.196 e. The minimum absolute atomic E-state index is 0.0483. The summed E-state index contributed by atoms with van der Waals surface area (Å²) in [4.78, 5) is 12.7. The van der Waals surface area contributed by atoms with Crippen LogP contribution in [0.25, 0.3) is 22.3 Å². The van der Waals surface area contributed by atoms with Crippen LogP contribution in [0.5, 0.6) is 11.5 Å². The van der Waals surface area contributed by atoms with Crippen molar-refractivity contribution in [3.63, 3.8) is 0 Å². The monoisotopic (exact) mass is 402 g/mol. The fourth-order valence-corrected chi connectivity index (χ4v) is 2.85. The molecule has 0 spiro atoms. The molecule has 0 aliphatic carbocycles.